The third-order valence-electron chi connectivity index (χ3n) is 7.41. The number of nitrogens with zero attached hydrogens (tertiary/aromatic N) is 3. The minimum atomic E-state index is -0.515. The van der Waals surface area contributed by atoms with E-state index in [1.54, 1.807) is 0 Å². The Morgan fingerprint density at radius 2 is 1.61 bits per heavy atom. The summed E-state index contributed by atoms with van der Waals surface area (Å²) in [5.41, 5.74) is 4.25. The first-order valence-electron chi connectivity index (χ1n) is 14.8. The van der Waals surface area contributed by atoms with Gasteiger partial charge < -0.3 is 19.5 Å². The van der Waals surface area contributed by atoms with Gasteiger partial charge in [0.2, 0.25) is 0 Å². The molecule has 3 rings (SSSR count). The molecule has 0 bridgehead atoms. The highest BCUT2D eigenvalue weighted by molar-refractivity contribution is 6.04. The Morgan fingerprint density at radius 1 is 0.976 bits per heavy atom. The number of benzene rings is 2. The lowest BCUT2D eigenvalue weighted by Gasteiger charge is -2.28. The summed E-state index contributed by atoms with van der Waals surface area (Å²) in [6.45, 7) is 18.9. The number of hydrogen-bond acceptors (Lipinski definition) is 4. The van der Waals surface area contributed by atoms with Crippen molar-refractivity contribution in [2.75, 3.05) is 24.6 Å². The van der Waals surface area contributed by atoms with Crippen LogP contribution in [0.4, 0.5) is 5.69 Å². The fourth-order valence-corrected chi connectivity index (χ4v) is 5.15. The van der Waals surface area contributed by atoms with Crippen molar-refractivity contribution in [3.63, 3.8) is 0 Å². The first-order chi connectivity index (χ1) is 19.3. The van der Waals surface area contributed by atoms with Crippen LogP contribution < -0.4 is 10.2 Å². The number of carbonyl (C=O) groups excluding carboxylic acids is 1. The highest BCUT2D eigenvalue weighted by atomic mass is 16.5. The molecule has 3 aromatic rings. The highest BCUT2D eigenvalue weighted by Crippen LogP contribution is 2.31. The van der Waals surface area contributed by atoms with Crippen LogP contribution >= 0.6 is 0 Å². The first kappa shape index (κ1) is 32.0. The predicted molar refractivity (Wildman–Crippen MR) is 172 cm³/mol. The zero-order valence-corrected chi connectivity index (χ0v) is 26.5. The topological polar surface area (TPSA) is 70.3 Å². The summed E-state index contributed by atoms with van der Waals surface area (Å²) in [6, 6.07) is 19.4. The molecule has 41 heavy (non-hydrogen) atoms. The van der Waals surface area contributed by atoms with E-state index in [9.17, 15) is 10.1 Å². The normalized spacial score (nSPS) is 12.7. The van der Waals surface area contributed by atoms with Crippen LogP contribution in [0.15, 0.2) is 54.1 Å². The van der Waals surface area contributed by atoms with Crippen molar-refractivity contribution in [3.8, 4) is 17.3 Å². The van der Waals surface area contributed by atoms with E-state index in [0.717, 1.165) is 42.9 Å². The van der Waals surface area contributed by atoms with Gasteiger partial charge in [0.25, 0.3) is 5.91 Å². The standard InChI is InChI=1S/C35H48N4O2/c1-10-19-39(20-11-2)29-15-14-26-22-28(13-12-27(26)23-29)32-17-16-31(38(32)9)25(3)30(24-36)33(40)37-35(7,8)18-21-41-34(4,5)6/h12-17,22-23H,10-11,18-21H2,1-9H3,(H,37,40)/b30-25+. The van der Waals surface area contributed by atoms with Gasteiger partial charge in [0.15, 0.2) is 0 Å². The maximum atomic E-state index is 13.2. The highest BCUT2D eigenvalue weighted by Gasteiger charge is 2.25. The lowest BCUT2D eigenvalue weighted by Crippen LogP contribution is -2.45. The monoisotopic (exact) mass is 556 g/mol. The van der Waals surface area contributed by atoms with E-state index in [2.05, 4.69) is 77.2 Å². The van der Waals surface area contributed by atoms with Gasteiger partial charge in [0.05, 0.1) is 5.60 Å². The third kappa shape index (κ3) is 8.24. The van der Waals surface area contributed by atoms with Gasteiger partial charge in [0.1, 0.15) is 11.6 Å². The molecule has 0 saturated carbocycles. The number of anilines is 1. The molecule has 1 aromatic heterocycles. The fraction of sp³-hybridized carbons (Fsp3) is 0.486. The Labute approximate surface area is 247 Å². The number of nitriles is 1. The van der Waals surface area contributed by atoms with Gasteiger partial charge in [-0.3, -0.25) is 4.79 Å². The van der Waals surface area contributed by atoms with Gasteiger partial charge in [-0.05, 0) is 113 Å². The van der Waals surface area contributed by atoms with E-state index in [0.29, 0.717) is 18.6 Å². The SMILES string of the molecule is CCCN(CCC)c1ccc2cc(-c3ccc(/C(C)=C(\C#N)C(=O)NC(C)(C)CCOC(C)(C)C)n3C)ccc2c1. The van der Waals surface area contributed by atoms with Crippen molar-refractivity contribution >= 4 is 27.9 Å². The molecule has 6 nitrogen and oxygen atoms in total. The molecular weight excluding hydrogens is 508 g/mol. The van der Waals surface area contributed by atoms with Gasteiger partial charge >= 0.3 is 0 Å². The third-order valence-corrected chi connectivity index (χ3v) is 7.41. The summed E-state index contributed by atoms with van der Waals surface area (Å²) in [5.74, 6) is -0.366. The van der Waals surface area contributed by atoms with Gasteiger partial charge in [0, 0.05) is 49.4 Å². The molecule has 220 valence electrons. The van der Waals surface area contributed by atoms with Crippen LogP contribution in [0.5, 0.6) is 0 Å². The maximum Gasteiger partial charge on any atom is 0.262 e. The molecule has 0 fully saturated rings. The number of nitrogens with one attached hydrogen (secondary N) is 1. The largest absolute Gasteiger partial charge is 0.376 e. The van der Waals surface area contributed by atoms with Crippen LogP contribution in [0.3, 0.4) is 0 Å². The Kier molecular flexibility index (Phi) is 10.4. The van der Waals surface area contributed by atoms with Crippen LogP contribution in [0.1, 0.15) is 80.3 Å². The zero-order chi connectivity index (χ0) is 30.4. The number of amides is 1. The second kappa shape index (κ2) is 13.4. The van der Waals surface area contributed by atoms with Gasteiger partial charge in [-0.15, -0.1) is 0 Å². The summed E-state index contributed by atoms with van der Waals surface area (Å²) >= 11 is 0. The summed E-state index contributed by atoms with van der Waals surface area (Å²) in [4.78, 5) is 15.7. The van der Waals surface area contributed by atoms with Crippen molar-refractivity contribution in [2.24, 2.45) is 7.05 Å². The average molecular weight is 557 g/mol. The summed E-state index contributed by atoms with van der Waals surface area (Å²) in [5, 5.41) is 15.4. The van der Waals surface area contributed by atoms with Crippen molar-refractivity contribution in [1.29, 1.82) is 5.26 Å². The van der Waals surface area contributed by atoms with Crippen LogP contribution in [0.25, 0.3) is 27.6 Å². The molecule has 1 amide bonds. The average Bonchev–Trinajstić information content (AvgIpc) is 3.28. The van der Waals surface area contributed by atoms with E-state index in [1.165, 1.54) is 16.5 Å². The van der Waals surface area contributed by atoms with Crippen molar-refractivity contribution < 1.29 is 9.53 Å². The molecule has 1 heterocycles. The number of allylic oxidation sites excluding steroid dienone is 1. The number of ether oxygens (including phenoxy) is 1. The Balaban J connectivity index is 1.85. The second-order valence-electron chi connectivity index (χ2n) is 12.6. The molecule has 0 aliphatic heterocycles. The number of rotatable bonds is 12. The van der Waals surface area contributed by atoms with Crippen LogP contribution in [-0.2, 0) is 16.6 Å². The first-order valence-corrected chi connectivity index (χ1v) is 14.8. The fourth-order valence-electron chi connectivity index (χ4n) is 5.15. The van der Waals surface area contributed by atoms with Gasteiger partial charge in [-0.2, -0.15) is 5.26 Å². The maximum absolute atomic E-state index is 13.2. The van der Waals surface area contributed by atoms with E-state index >= 15 is 0 Å². The number of hydrogen-bond donors (Lipinski definition) is 1. The molecule has 0 radical (unpaired) electrons. The van der Waals surface area contributed by atoms with Crippen LogP contribution in [-0.4, -0.2) is 41.3 Å². The summed E-state index contributed by atoms with van der Waals surface area (Å²) in [7, 11) is 1.98. The van der Waals surface area contributed by atoms with Crippen LogP contribution in [0.2, 0.25) is 0 Å². The quantitative estimate of drug-likeness (QED) is 0.182. The molecule has 0 unspecified atom stereocenters. The smallest absolute Gasteiger partial charge is 0.262 e. The number of fused-ring (bicyclic) bond motifs is 1. The molecular formula is C35H48N4O2. The zero-order valence-electron chi connectivity index (χ0n) is 26.5. The molecule has 0 spiro atoms. The summed E-state index contributed by atoms with van der Waals surface area (Å²) in [6.07, 6.45) is 2.89. The lowest BCUT2D eigenvalue weighted by atomic mass is 9.99. The predicted octanol–water partition coefficient (Wildman–Crippen LogP) is 7.87. The Morgan fingerprint density at radius 3 is 2.22 bits per heavy atom. The molecule has 0 atom stereocenters. The van der Waals surface area contributed by atoms with Crippen molar-refractivity contribution in [2.45, 2.75) is 85.8 Å². The van der Waals surface area contributed by atoms with E-state index in [4.69, 9.17) is 4.74 Å². The molecule has 6 heteroatoms. The molecule has 0 aliphatic carbocycles. The summed E-state index contributed by atoms with van der Waals surface area (Å²) < 4.78 is 7.90. The Hall–Kier alpha value is -3.56. The lowest BCUT2D eigenvalue weighted by molar-refractivity contribution is -0.118. The molecule has 0 aliphatic rings. The van der Waals surface area contributed by atoms with E-state index < -0.39 is 5.54 Å². The van der Waals surface area contributed by atoms with Crippen molar-refractivity contribution in [3.05, 3.63) is 59.8 Å². The van der Waals surface area contributed by atoms with Gasteiger partial charge in [-0.25, -0.2) is 0 Å². The van der Waals surface area contributed by atoms with E-state index in [-0.39, 0.29) is 17.1 Å². The number of carbonyl (C=O) groups is 1. The van der Waals surface area contributed by atoms with E-state index in [1.807, 2.05) is 54.7 Å². The van der Waals surface area contributed by atoms with Gasteiger partial charge in [-0.1, -0.05) is 32.0 Å². The Bertz CT molecular complexity index is 1430. The second-order valence-corrected chi connectivity index (χ2v) is 12.6. The van der Waals surface area contributed by atoms with Crippen molar-refractivity contribution in [1.82, 2.24) is 9.88 Å². The molecule has 0 saturated heterocycles. The minimum Gasteiger partial charge on any atom is -0.376 e. The molecule has 2 aromatic carbocycles. The molecule has 1 N–H and O–H groups in total. The number of aromatic nitrogens is 1. The van der Waals surface area contributed by atoms with Crippen LogP contribution in [0, 0.1) is 11.3 Å². The minimum absolute atomic E-state index is 0.123.